The molecule has 0 N–H and O–H groups in total. The van der Waals surface area contributed by atoms with Gasteiger partial charge in [0, 0.05) is 32.2 Å². The van der Waals surface area contributed by atoms with Crippen LogP contribution in [0.4, 0.5) is 10.1 Å². The quantitative estimate of drug-likeness (QED) is 0.839. The summed E-state index contributed by atoms with van der Waals surface area (Å²) < 4.78 is 12.9. The van der Waals surface area contributed by atoms with Crippen LogP contribution in [0, 0.1) is 5.82 Å². The Balaban J connectivity index is 1.58. The van der Waals surface area contributed by atoms with Crippen molar-refractivity contribution in [3.8, 4) is 0 Å². The average molecular weight is 340 g/mol. The maximum Gasteiger partial charge on any atom is 0.227 e. The van der Waals surface area contributed by atoms with Gasteiger partial charge in [0.05, 0.1) is 6.42 Å². The van der Waals surface area contributed by atoms with Crippen molar-refractivity contribution in [1.29, 1.82) is 0 Å². The third-order valence-corrected chi connectivity index (χ3v) is 4.44. The number of halogens is 1. The molecular formula is C20H21FN2O2. The number of hydrogen-bond donors (Lipinski definition) is 0. The summed E-state index contributed by atoms with van der Waals surface area (Å²) >= 11 is 0. The molecule has 1 fully saturated rings. The first kappa shape index (κ1) is 17.1. The SMILES string of the molecule is CN(Cc1ccc(F)cc1)C(=O)Cc1ccc(N2CCCC2=O)cc1. The Kier molecular flexibility index (Phi) is 5.12. The normalized spacial score (nSPS) is 14.0. The molecule has 0 radical (unpaired) electrons. The maximum atomic E-state index is 12.9. The summed E-state index contributed by atoms with van der Waals surface area (Å²) in [5.74, 6) is -0.133. The van der Waals surface area contributed by atoms with Crippen LogP contribution in [-0.2, 0) is 22.6 Å². The molecule has 4 nitrogen and oxygen atoms in total. The number of hydrogen-bond acceptors (Lipinski definition) is 2. The van der Waals surface area contributed by atoms with Crippen LogP contribution in [0.2, 0.25) is 0 Å². The van der Waals surface area contributed by atoms with Gasteiger partial charge in [-0.15, -0.1) is 0 Å². The van der Waals surface area contributed by atoms with Gasteiger partial charge in [0.15, 0.2) is 0 Å². The summed E-state index contributed by atoms with van der Waals surface area (Å²) in [7, 11) is 1.74. The number of carbonyl (C=O) groups excluding carboxylic acids is 2. The molecule has 1 heterocycles. The zero-order chi connectivity index (χ0) is 17.8. The fourth-order valence-electron chi connectivity index (χ4n) is 2.98. The minimum absolute atomic E-state index is 0.00526. The number of likely N-dealkylation sites (N-methyl/N-ethyl adjacent to an activating group) is 1. The number of carbonyl (C=O) groups is 2. The Morgan fingerprint density at radius 1 is 1.08 bits per heavy atom. The molecule has 0 bridgehead atoms. The highest BCUT2D eigenvalue weighted by atomic mass is 19.1. The summed E-state index contributed by atoms with van der Waals surface area (Å²) in [5, 5.41) is 0. The largest absolute Gasteiger partial charge is 0.341 e. The molecule has 25 heavy (non-hydrogen) atoms. The van der Waals surface area contributed by atoms with E-state index in [2.05, 4.69) is 0 Å². The number of rotatable bonds is 5. The van der Waals surface area contributed by atoms with E-state index in [4.69, 9.17) is 0 Å². The molecule has 1 aliphatic heterocycles. The van der Waals surface area contributed by atoms with Crippen LogP contribution < -0.4 is 4.90 Å². The molecule has 0 aliphatic carbocycles. The van der Waals surface area contributed by atoms with E-state index in [9.17, 15) is 14.0 Å². The van der Waals surface area contributed by atoms with Crippen LogP contribution in [0.25, 0.3) is 0 Å². The smallest absolute Gasteiger partial charge is 0.227 e. The van der Waals surface area contributed by atoms with Crippen molar-refractivity contribution in [2.75, 3.05) is 18.5 Å². The Bertz CT molecular complexity index is 756. The molecule has 2 aromatic carbocycles. The second-order valence-corrected chi connectivity index (χ2v) is 6.37. The van der Waals surface area contributed by atoms with Crippen molar-refractivity contribution in [1.82, 2.24) is 4.90 Å². The van der Waals surface area contributed by atoms with Gasteiger partial charge in [-0.1, -0.05) is 24.3 Å². The topological polar surface area (TPSA) is 40.6 Å². The number of benzene rings is 2. The van der Waals surface area contributed by atoms with Crippen LogP contribution in [0.1, 0.15) is 24.0 Å². The molecule has 2 amide bonds. The van der Waals surface area contributed by atoms with Crippen LogP contribution in [0.15, 0.2) is 48.5 Å². The minimum atomic E-state index is -0.283. The Morgan fingerprint density at radius 2 is 1.72 bits per heavy atom. The van der Waals surface area contributed by atoms with E-state index in [-0.39, 0.29) is 17.6 Å². The van der Waals surface area contributed by atoms with Crippen molar-refractivity contribution in [2.24, 2.45) is 0 Å². The second kappa shape index (κ2) is 7.47. The van der Waals surface area contributed by atoms with E-state index in [1.807, 2.05) is 24.3 Å². The fraction of sp³-hybridized carbons (Fsp3) is 0.300. The molecule has 2 aromatic rings. The van der Waals surface area contributed by atoms with Crippen molar-refractivity contribution in [3.63, 3.8) is 0 Å². The second-order valence-electron chi connectivity index (χ2n) is 6.37. The van der Waals surface area contributed by atoms with Crippen LogP contribution >= 0.6 is 0 Å². The fourth-order valence-corrected chi connectivity index (χ4v) is 2.98. The molecule has 5 heteroatoms. The zero-order valence-corrected chi connectivity index (χ0v) is 14.2. The number of amides is 2. The first-order valence-electron chi connectivity index (χ1n) is 8.40. The maximum absolute atomic E-state index is 12.9. The highest BCUT2D eigenvalue weighted by Crippen LogP contribution is 2.22. The third kappa shape index (κ3) is 4.24. The summed E-state index contributed by atoms with van der Waals surface area (Å²) in [4.78, 5) is 27.5. The minimum Gasteiger partial charge on any atom is -0.341 e. The zero-order valence-electron chi connectivity index (χ0n) is 14.2. The molecular weight excluding hydrogens is 319 g/mol. The van der Waals surface area contributed by atoms with E-state index in [0.29, 0.717) is 19.4 Å². The van der Waals surface area contributed by atoms with E-state index in [1.54, 1.807) is 29.0 Å². The number of anilines is 1. The molecule has 130 valence electrons. The molecule has 1 saturated heterocycles. The van der Waals surface area contributed by atoms with Gasteiger partial charge in [-0.2, -0.15) is 0 Å². The highest BCUT2D eigenvalue weighted by molar-refractivity contribution is 5.95. The van der Waals surface area contributed by atoms with E-state index in [0.717, 1.165) is 29.8 Å². The van der Waals surface area contributed by atoms with Crippen molar-refractivity contribution >= 4 is 17.5 Å². The Labute approximate surface area is 146 Å². The van der Waals surface area contributed by atoms with Gasteiger partial charge >= 0.3 is 0 Å². The lowest BCUT2D eigenvalue weighted by molar-refractivity contribution is -0.129. The van der Waals surface area contributed by atoms with Crippen molar-refractivity contribution in [2.45, 2.75) is 25.8 Å². The van der Waals surface area contributed by atoms with E-state index in [1.165, 1.54) is 12.1 Å². The van der Waals surface area contributed by atoms with Gasteiger partial charge < -0.3 is 9.80 Å². The van der Waals surface area contributed by atoms with Gasteiger partial charge in [-0.25, -0.2) is 4.39 Å². The highest BCUT2D eigenvalue weighted by Gasteiger charge is 2.21. The standard InChI is InChI=1S/C20H21FN2O2/c1-22(14-16-4-8-17(21)9-5-16)20(25)13-15-6-10-18(11-7-15)23-12-2-3-19(23)24/h4-11H,2-3,12-14H2,1H3. The van der Waals surface area contributed by atoms with Gasteiger partial charge in [0.1, 0.15) is 5.82 Å². The molecule has 0 saturated carbocycles. The van der Waals surface area contributed by atoms with E-state index >= 15 is 0 Å². The van der Waals surface area contributed by atoms with Gasteiger partial charge in [-0.05, 0) is 41.8 Å². The lowest BCUT2D eigenvalue weighted by Gasteiger charge is -2.18. The third-order valence-electron chi connectivity index (χ3n) is 4.44. The van der Waals surface area contributed by atoms with Gasteiger partial charge in [0.25, 0.3) is 0 Å². The van der Waals surface area contributed by atoms with Crippen LogP contribution in [-0.4, -0.2) is 30.3 Å². The van der Waals surface area contributed by atoms with Gasteiger partial charge in [-0.3, -0.25) is 9.59 Å². The average Bonchev–Trinajstić information content (AvgIpc) is 3.03. The lowest BCUT2D eigenvalue weighted by atomic mass is 10.1. The molecule has 0 atom stereocenters. The molecule has 0 aromatic heterocycles. The predicted octanol–water partition coefficient (Wildman–Crippen LogP) is 3.15. The predicted molar refractivity (Wildman–Crippen MR) is 94.6 cm³/mol. The Hall–Kier alpha value is -2.69. The molecule has 0 spiro atoms. The molecule has 1 aliphatic rings. The van der Waals surface area contributed by atoms with Crippen LogP contribution in [0.3, 0.4) is 0 Å². The number of nitrogens with zero attached hydrogens (tertiary/aromatic N) is 2. The Morgan fingerprint density at radius 3 is 2.32 bits per heavy atom. The van der Waals surface area contributed by atoms with Crippen molar-refractivity contribution in [3.05, 3.63) is 65.5 Å². The molecule has 3 rings (SSSR count). The summed E-state index contributed by atoms with van der Waals surface area (Å²) in [5.41, 5.74) is 2.69. The first-order valence-corrected chi connectivity index (χ1v) is 8.40. The van der Waals surface area contributed by atoms with Crippen LogP contribution in [0.5, 0.6) is 0 Å². The summed E-state index contributed by atoms with van der Waals surface area (Å²) in [6.07, 6.45) is 1.80. The summed E-state index contributed by atoms with van der Waals surface area (Å²) in [6, 6.07) is 13.7. The molecule has 0 unspecified atom stereocenters. The van der Waals surface area contributed by atoms with E-state index < -0.39 is 0 Å². The lowest BCUT2D eigenvalue weighted by Crippen LogP contribution is -2.27. The first-order chi connectivity index (χ1) is 12.0. The van der Waals surface area contributed by atoms with Crippen molar-refractivity contribution < 1.29 is 14.0 Å². The monoisotopic (exact) mass is 340 g/mol. The summed E-state index contributed by atoms with van der Waals surface area (Å²) in [6.45, 7) is 1.21. The van der Waals surface area contributed by atoms with Gasteiger partial charge in [0.2, 0.25) is 11.8 Å².